The highest BCUT2D eigenvalue weighted by molar-refractivity contribution is 5.87. The van der Waals surface area contributed by atoms with E-state index in [1.54, 1.807) is 43.0 Å². The van der Waals surface area contributed by atoms with Crippen molar-refractivity contribution in [1.29, 1.82) is 0 Å². The van der Waals surface area contributed by atoms with Gasteiger partial charge in [0.2, 0.25) is 0 Å². The molecular formula is C16H12N4O2. The van der Waals surface area contributed by atoms with Crippen LogP contribution in [0.2, 0.25) is 0 Å². The number of nitrogens with zero attached hydrogens (tertiary/aromatic N) is 3. The third-order valence-electron chi connectivity index (χ3n) is 3.26. The van der Waals surface area contributed by atoms with Gasteiger partial charge in [-0.25, -0.2) is 9.97 Å². The van der Waals surface area contributed by atoms with Gasteiger partial charge in [-0.3, -0.25) is 14.6 Å². The van der Waals surface area contributed by atoms with E-state index in [0.29, 0.717) is 35.2 Å². The number of aromatic nitrogens is 4. The standard InChI is InChI=1S/C16H12N4O2/c21-10-12-9-17-6-3-13(12)15-11(2-7-20-16(15)22)8-14-18-4-1-5-19-14/h1-7,9-10H,8H2,(H,20,22). The molecule has 6 nitrogen and oxygen atoms in total. The monoisotopic (exact) mass is 292 g/mol. The lowest BCUT2D eigenvalue weighted by atomic mass is 9.97. The quantitative estimate of drug-likeness (QED) is 0.738. The Labute approximate surface area is 125 Å². The Bertz CT molecular complexity index is 859. The zero-order valence-corrected chi connectivity index (χ0v) is 11.6. The Hall–Kier alpha value is -3.15. The molecule has 0 spiro atoms. The molecule has 0 saturated heterocycles. The normalized spacial score (nSPS) is 10.4. The van der Waals surface area contributed by atoms with Crippen LogP contribution in [0.4, 0.5) is 0 Å². The highest BCUT2D eigenvalue weighted by atomic mass is 16.1. The fraction of sp³-hybridized carbons (Fsp3) is 0.0625. The molecule has 6 heteroatoms. The molecule has 108 valence electrons. The molecule has 0 amide bonds. The van der Waals surface area contributed by atoms with Crippen LogP contribution in [0, 0.1) is 0 Å². The van der Waals surface area contributed by atoms with Crippen LogP contribution in [0.3, 0.4) is 0 Å². The molecule has 22 heavy (non-hydrogen) atoms. The van der Waals surface area contributed by atoms with Gasteiger partial charge >= 0.3 is 0 Å². The van der Waals surface area contributed by atoms with Gasteiger partial charge in [0.1, 0.15) is 5.82 Å². The SMILES string of the molecule is O=Cc1cnccc1-c1c(Cc2ncccn2)cc[nH]c1=O. The summed E-state index contributed by atoms with van der Waals surface area (Å²) in [5, 5.41) is 0. The largest absolute Gasteiger partial charge is 0.329 e. The zero-order valence-electron chi connectivity index (χ0n) is 11.6. The lowest BCUT2D eigenvalue weighted by Crippen LogP contribution is -2.13. The minimum Gasteiger partial charge on any atom is -0.329 e. The predicted molar refractivity (Wildman–Crippen MR) is 80.5 cm³/mol. The number of pyridine rings is 2. The van der Waals surface area contributed by atoms with E-state index < -0.39 is 0 Å². The summed E-state index contributed by atoms with van der Waals surface area (Å²) < 4.78 is 0. The summed E-state index contributed by atoms with van der Waals surface area (Å²) in [5.41, 5.74) is 1.86. The van der Waals surface area contributed by atoms with Gasteiger partial charge in [0, 0.05) is 48.5 Å². The van der Waals surface area contributed by atoms with Gasteiger partial charge < -0.3 is 4.98 Å². The van der Waals surface area contributed by atoms with Crippen LogP contribution >= 0.6 is 0 Å². The maximum Gasteiger partial charge on any atom is 0.256 e. The van der Waals surface area contributed by atoms with Crippen LogP contribution in [0.1, 0.15) is 21.7 Å². The summed E-state index contributed by atoms with van der Waals surface area (Å²) in [5.74, 6) is 0.607. The molecule has 3 aromatic heterocycles. The summed E-state index contributed by atoms with van der Waals surface area (Å²) in [6.45, 7) is 0. The van der Waals surface area contributed by atoms with Crippen LogP contribution in [0.25, 0.3) is 11.1 Å². The molecule has 0 aromatic carbocycles. The van der Waals surface area contributed by atoms with Crippen molar-refractivity contribution in [1.82, 2.24) is 19.9 Å². The van der Waals surface area contributed by atoms with E-state index in [-0.39, 0.29) is 5.56 Å². The number of H-pyrrole nitrogens is 1. The van der Waals surface area contributed by atoms with E-state index in [2.05, 4.69) is 19.9 Å². The van der Waals surface area contributed by atoms with E-state index >= 15 is 0 Å². The van der Waals surface area contributed by atoms with E-state index in [0.717, 1.165) is 5.56 Å². The fourth-order valence-electron chi connectivity index (χ4n) is 2.28. The molecule has 0 aliphatic carbocycles. The minimum atomic E-state index is -0.261. The van der Waals surface area contributed by atoms with Crippen molar-refractivity contribution in [3.63, 3.8) is 0 Å². The Balaban J connectivity index is 2.15. The molecule has 0 bridgehead atoms. The number of aromatic amines is 1. The average Bonchev–Trinajstić information content (AvgIpc) is 2.56. The molecule has 0 aliphatic rings. The number of nitrogens with one attached hydrogen (secondary N) is 1. The molecule has 3 rings (SSSR count). The molecule has 3 aromatic rings. The first-order valence-electron chi connectivity index (χ1n) is 6.65. The van der Waals surface area contributed by atoms with Crippen LogP contribution in [-0.4, -0.2) is 26.2 Å². The smallest absolute Gasteiger partial charge is 0.256 e. The number of aldehydes is 1. The first-order valence-corrected chi connectivity index (χ1v) is 6.65. The van der Waals surface area contributed by atoms with Crippen molar-refractivity contribution in [2.75, 3.05) is 0 Å². The van der Waals surface area contributed by atoms with Gasteiger partial charge in [-0.15, -0.1) is 0 Å². The van der Waals surface area contributed by atoms with Gasteiger partial charge in [0.15, 0.2) is 6.29 Å². The fourth-order valence-corrected chi connectivity index (χ4v) is 2.28. The number of hydrogen-bond acceptors (Lipinski definition) is 5. The second-order valence-electron chi connectivity index (χ2n) is 4.63. The van der Waals surface area contributed by atoms with Crippen molar-refractivity contribution < 1.29 is 4.79 Å². The van der Waals surface area contributed by atoms with Crippen LogP contribution in [0.5, 0.6) is 0 Å². The Morgan fingerprint density at radius 1 is 1.14 bits per heavy atom. The summed E-state index contributed by atoms with van der Waals surface area (Å²) in [6.07, 6.45) is 8.97. The minimum absolute atomic E-state index is 0.261. The molecule has 0 unspecified atom stereocenters. The topological polar surface area (TPSA) is 88.6 Å². The Morgan fingerprint density at radius 3 is 2.73 bits per heavy atom. The van der Waals surface area contributed by atoms with E-state index in [1.165, 1.54) is 6.20 Å². The number of hydrogen-bond donors (Lipinski definition) is 1. The molecule has 0 saturated carbocycles. The number of carbonyl (C=O) groups is 1. The summed E-state index contributed by atoms with van der Waals surface area (Å²) >= 11 is 0. The number of carbonyl (C=O) groups excluding carboxylic acids is 1. The Kier molecular flexibility index (Phi) is 3.82. The number of rotatable bonds is 4. The average molecular weight is 292 g/mol. The third kappa shape index (κ3) is 2.67. The Morgan fingerprint density at radius 2 is 1.95 bits per heavy atom. The third-order valence-corrected chi connectivity index (χ3v) is 3.26. The highest BCUT2D eigenvalue weighted by Gasteiger charge is 2.14. The van der Waals surface area contributed by atoms with Gasteiger partial charge in [0.25, 0.3) is 5.56 Å². The van der Waals surface area contributed by atoms with Crippen molar-refractivity contribution in [2.24, 2.45) is 0 Å². The highest BCUT2D eigenvalue weighted by Crippen LogP contribution is 2.23. The van der Waals surface area contributed by atoms with Gasteiger partial charge in [-0.1, -0.05) is 0 Å². The molecule has 0 fully saturated rings. The maximum atomic E-state index is 12.3. The first-order chi connectivity index (χ1) is 10.8. The first kappa shape index (κ1) is 13.8. The van der Waals surface area contributed by atoms with Gasteiger partial charge in [0.05, 0.1) is 5.56 Å². The molecular weight excluding hydrogens is 280 g/mol. The van der Waals surface area contributed by atoms with E-state index in [9.17, 15) is 9.59 Å². The summed E-state index contributed by atoms with van der Waals surface area (Å²) in [4.78, 5) is 38.4. The molecule has 0 atom stereocenters. The summed E-state index contributed by atoms with van der Waals surface area (Å²) in [6, 6.07) is 5.18. The lowest BCUT2D eigenvalue weighted by Gasteiger charge is -2.09. The van der Waals surface area contributed by atoms with Crippen molar-refractivity contribution in [3.05, 3.63) is 76.5 Å². The zero-order chi connectivity index (χ0) is 15.4. The molecule has 0 radical (unpaired) electrons. The maximum absolute atomic E-state index is 12.3. The predicted octanol–water partition coefficient (Wildman–Crippen LogP) is 1.63. The molecule has 1 N–H and O–H groups in total. The molecule has 0 aliphatic heterocycles. The van der Waals surface area contributed by atoms with E-state index in [1.807, 2.05) is 0 Å². The summed E-state index contributed by atoms with van der Waals surface area (Å²) in [7, 11) is 0. The van der Waals surface area contributed by atoms with Crippen molar-refractivity contribution >= 4 is 6.29 Å². The van der Waals surface area contributed by atoms with Crippen LogP contribution in [0.15, 0.2) is 54.0 Å². The molecule has 3 heterocycles. The van der Waals surface area contributed by atoms with Crippen molar-refractivity contribution in [2.45, 2.75) is 6.42 Å². The lowest BCUT2D eigenvalue weighted by molar-refractivity contribution is 0.112. The van der Waals surface area contributed by atoms with Crippen molar-refractivity contribution in [3.8, 4) is 11.1 Å². The van der Waals surface area contributed by atoms with Crippen LogP contribution in [-0.2, 0) is 6.42 Å². The second kappa shape index (κ2) is 6.09. The second-order valence-corrected chi connectivity index (χ2v) is 4.63. The van der Waals surface area contributed by atoms with Crippen LogP contribution < -0.4 is 5.56 Å². The van der Waals surface area contributed by atoms with Gasteiger partial charge in [-0.2, -0.15) is 0 Å². The van der Waals surface area contributed by atoms with Gasteiger partial charge in [-0.05, 0) is 23.8 Å². The van der Waals surface area contributed by atoms with E-state index in [4.69, 9.17) is 0 Å².